The third-order valence-corrected chi connectivity index (χ3v) is 5.16. The van der Waals surface area contributed by atoms with E-state index in [1.165, 1.54) is 52.1 Å². The van der Waals surface area contributed by atoms with E-state index in [1.807, 2.05) is 20.8 Å². The number of hydrogen-bond acceptors (Lipinski definition) is 4. The number of carbonyl (C=O) groups excluding carboxylic acids is 1. The van der Waals surface area contributed by atoms with Gasteiger partial charge >= 0.3 is 0 Å². The standard InChI is InChI=1S/C17H33N3O.C2H6/c1-4-17(21)13-16-5-7-18(8-6-16)14-19-9-11-20(12-10-19)15(2)3;1-2/h15-16H,4-14H2,1-3H3;1-2H3. The number of nitrogens with zero attached hydrogens (tertiary/aromatic N) is 3. The zero-order chi connectivity index (χ0) is 17.2. The first kappa shape index (κ1) is 20.6. The van der Waals surface area contributed by atoms with E-state index in [-0.39, 0.29) is 0 Å². The van der Waals surface area contributed by atoms with Gasteiger partial charge in [0.25, 0.3) is 0 Å². The van der Waals surface area contributed by atoms with E-state index in [9.17, 15) is 4.79 Å². The highest BCUT2D eigenvalue weighted by Crippen LogP contribution is 2.21. The fraction of sp³-hybridized carbons (Fsp3) is 0.947. The Kier molecular flexibility index (Phi) is 10.00. The molecule has 0 aliphatic carbocycles. The molecule has 0 aromatic carbocycles. The SMILES string of the molecule is CC.CCC(=O)CC1CCN(CN2CCN(C(C)C)CC2)CC1. The van der Waals surface area contributed by atoms with Crippen molar-refractivity contribution in [3.8, 4) is 0 Å². The molecule has 0 atom stereocenters. The molecule has 4 heteroatoms. The number of carbonyl (C=O) groups is 1. The summed E-state index contributed by atoms with van der Waals surface area (Å²) in [6.45, 7) is 18.8. The molecule has 0 amide bonds. The predicted octanol–water partition coefficient (Wildman–Crippen LogP) is 3.08. The molecule has 0 spiro atoms. The molecule has 2 aliphatic rings. The quantitative estimate of drug-likeness (QED) is 0.750. The van der Waals surface area contributed by atoms with Gasteiger partial charge in [0.1, 0.15) is 5.78 Å². The van der Waals surface area contributed by atoms with Crippen LogP contribution in [0.15, 0.2) is 0 Å². The molecule has 0 saturated carbocycles. The summed E-state index contributed by atoms with van der Waals surface area (Å²) in [7, 11) is 0. The number of Topliss-reactive ketones (excluding diaryl/α,β-unsaturated/α-hetero) is 1. The van der Waals surface area contributed by atoms with Gasteiger partial charge in [0.2, 0.25) is 0 Å². The Hall–Kier alpha value is -0.450. The number of rotatable bonds is 6. The Morgan fingerprint density at radius 3 is 1.96 bits per heavy atom. The number of hydrogen-bond donors (Lipinski definition) is 0. The van der Waals surface area contributed by atoms with E-state index in [0.29, 0.717) is 24.2 Å². The Morgan fingerprint density at radius 1 is 0.957 bits per heavy atom. The van der Waals surface area contributed by atoms with Gasteiger partial charge in [-0.15, -0.1) is 0 Å². The van der Waals surface area contributed by atoms with Crippen molar-refractivity contribution < 1.29 is 4.79 Å². The maximum absolute atomic E-state index is 11.5. The summed E-state index contributed by atoms with van der Waals surface area (Å²) in [5.41, 5.74) is 0. The Labute approximate surface area is 144 Å². The highest BCUT2D eigenvalue weighted by molar-refractivity contribution is 5.78. The maximum atomic E-state index is 11.5. The Morgan fingerprint density at radius 2 is 1.48 bits per heavy atom. The highest BCUT2D eigenvalue weighted by Gasteiger charge is 2.24. The first-order chi connectivity index (χ1) is 11.1. The van der Waals surface area contributed by atoms with Gasteiger partial charge < -0.3 is 0 Å². The molecule has 0 N–H and O–H groups in total. The van der Waals surface area contributed by atoms with Crippen LogP contribution in [-0.4, -0.2) is 72.5 Å². The van der Waals surface area contributed by atoms with Crippen LogP contribution < -0.4 is 0 Å². The molecular formula is C19H39N3O. The molecular weight excluding hydrogens is 286 g/mol. The summed E-state index contributed by atoms with van der Waals surface area (Å²) in [6, 6.07) is 0.680. The molecule has 4 nitrogen and oxygen atoms in total. The molecule has 0 aromatic rings. The summed E-state index contributed by atoms with van der Waals surface area (Å²) in [4.78, 5) is 19.3. The summed E-state index contributed by atoms with van der Waals surface area (Å²) in [6.07, 6.45) is 3.94. The monoisotopic (exact) mass is 325 g/mol. The van der Waals surface area contributed by atoms with Crippen LogP contribution in [0.2, 0.25) is 0 Å². The lowest BCUT2D eigenvalue weighted by atomic mass is 9.91. The van der Waals surface area contributed by atoms with Gasteiger partial charge in [-0.3, -0.25) is 19.5 Å². The van der Waals surface area contributed by atoms with Crippen LogP contribution in [-0.2, 0) is 4.79 Å². The average Bonchev–Trinajstić information content (AvgIpc) is 2.59. The van der Waals surface area contributed by atoms with Crippen molar-refractivity contribution in [2.45, 2.75) is 66.3 Å². The van der Waals surface area contributed by atoms with E-state index in [0.717, 1.165) is 13.1 Å². The molecule has 2 aliphatic heterocycles. The summed E-state index contributed by atoms with van der Waals surface area (Å²) < 4.78 is 0. The molecule has 23 heavy (non-hydrogen) atoms. The molecule has 2 heterocycles. The minimum atomic E-state index is 0.443. The predicted molar refractivity (Wildman–Crippen MR) is 98.7 cm³/mol. The number of ketones is 1. The molecule has 2 rings (SSSR count). The van der Waals surface area contributed by atoms with Gasteiger partial charge in [0.15, 0.2) is 0 Å². The molecule has 0 aromatic heterocycles. The molecule has 0 radical (unpaired) electrons. The summed E-state index contributed by atoms with van der Waals surface area (Å²) in [5, 5.41) is 0. The van der Waals surface area contributed by atoms with E-state index in [1.54, 1.807) is 0 Å². The lowest BCUT2D eigenvalue weighted by Crippen LogP contribution is -2.52. The summed E-state index contributed by atoms with van der Waals surface area (Å²) >= 11 is 0. The maximum Gasteiger partial charge on any atom is 0.132 e. The van der Waals surface area contributed by atoms with Crippen LogP contribution in [0.3, 0.4) is 0 Å². The third kappa shape index (κ3) is 7.32. The molecule has 136 valence electrons. The van der Waals surface area contributed by atoms with Crippen LogP contribution in [0.4, 0.5) is 0 Å². The van der Waals surface area contributed by atoms with Crippen molar-refractivity contribution in [1.29, 1.82) is 0 Å². The molecule has 0 unspecified atom stereocenters. The first-order valence-corrected chi connectivity index (χ1v) is 9.79. The van der Waals surface area contributed by atoms with Crippen molar-refractivity contribution in [2.75, 3.05) is 45.9 Å². The van der Waals surface area contributed by atoms with Crippen molar-refractivity contribution in [1.82, 2.24) is 14.7 Å². The second-order valence-corrected chi connectivity index (χ2v) is 7.05. The Balaban J connectivity index is 0.00000127. The lowest BCUT2D eigenvalue weighted by Gasteiger charge is -2.40. The van der Waals surface area contributed by atoms with Crippen molar-refractivity contribution in [3.63, 3.8) is 0 Å². The lowest BCUT2D eigenvalue weighted by molar-refractivity contribution is -0.120. The second-order valence-electron chi connectivity index (χ2n) is 7.05. The van der Waals surface area contributed by atoms with Crippen molar-refractivity contribution >= 4 is 5.78 Å². The van der Waals surface area contributed by atoms with Crippen molar-refractivity contribution in [2.24, 2.45) is 5.92 Å². The largest absolute Gasteiger partial charge is 0.300 e. The number of piperidine rings is 1. The smallest absolute Gasteiger partial charge is 0.132 e. The van der Waals surface area contributed by atoms with Crippen molar-refractivity contribution in [3.05, 3.63) is 0 Å². The first-order valence-electron chi connectivity index (χ1n) is 9.79. The van der Waals surface area contributed by atoms with Gasteiger partial charge in [0.05, 0.1) is 6.67 Å². The zero-order valence-corrected chi connectivity index (χ0v) is 16.2. The van der Waals surface area contributed by atoms with Gasteiger partial charge in [-0.1, -0.05) is 20.8 Å². The van der Waals surface area contributed by atoms with Gasteiger partial charge in [0, 0.05) is 45.1 Å². The minimum Gasteiger partial charge on any atom is -0.300 e. The molecule has 2 fully saturated rings. The van der Waals surface area contributed by atoms with E-state index in [2.05, 4.69) is 28.5 Å². The van der Waals surface area contributed by atoms with E-state index < -0.39 is 0 Å². The normalized spacial score (nSPS) is 22.0. The fourth-order valence-electron chi connectivity index (χ4n) is 3.50. The highest BCUT2D eigenvalue weighted by atomic mass is 16.1. The molecule has 2 saturated heterocycles. The van der Waals surface area contributed by atoms with Crippen LogP contribution in [0.5, 0.6) is 0 Å². The number of piperazine rings is 1. The van der Waals surface area contributed by atoms with E-state index in [4.69, 9.17) is 0 Å². The fourth-order valence-corrected chi connectivity index (χ4v) is 3.50. The molecule has 0 bridgehead atoms. The zero-order valence-electron chi connectivity index (χ0n) is 16.2. The van der Waals surface area contributed by atoms with Gasteiger partial charge in [-0.05, 0) is 45.7 Å². The van der Waals surface area contributed by atoms with Gasteiger partial charge in [-0.25, -0.2) is 0 Å². The second kappa shape index (κ2) is 11.2. The van der Waals surface area contributed by atoms with Crippen LogP contribution in [0.1, 0.15) is 60.3 Å². The Bertz CT molecular complexity index is 317. The summed E-state index contributed by atoms with van der Waals surface area (Å²) in [5.74, 6) is 1.09. The van der Waals surface area contributed by atoms with Gasteiger partial charge in [-0.2, -0.15) is 0 Å². The average molecular weight is 326 g/mol. The van der Waals surface area contributed by atoms with Crippen LogP contribution in [0.25, 0.3) is 0 Å². The topological polar surface area (TPSA) is 26.8 Å². The van der Waals surface area contributed by atoms with E-state index >= 15 is 0 Å². The van der Waals surface area contributed by atoms with Crippen LogP contribution in [0, 0.1) is 5.92 Å². The number of likely N-dealkylation sites (tertiary alicyclic amines) is 1. The van der Waals surface area contributed by atoms with Crippen LogP contribution >= 0.6 is 0 Å². The third-order valence-electron chi connectivity index (χ3n) is 5.16. The minimum absolute atomic E-state index is 0.443.